The molecule has 5 aromatic rings. The number of aryl methyl sites for hydroxylation is 1. The van der Waals surface area contributed by atoms with Gasteiger partial charge in [0.1, 0.15) is 11.4 Å². The zero-order valence-corrected chi connectivity index (χ0v) is 32.9. The van der Waals surface area contributed by atoms with E-state index in [0.717, 1.165) is 44.3 Å². The van der Waals surface area contributed by atoms with Gasteiger partial charge in [0.2, 0.25) is 0 Å². The first-order valence-corrected chi connectivity index (χ1v) is 19.5. The number of hydrogen-bond donors (Lipinski definition) is 0. The summed E-state index contributed by atoms with van der Waals surface area (Å²) in [6.45, 7) is 20.8. The highest BCUT2D eigenvalue weighted by atomic mass is 16.5. The molecular formula is C45H52N2O6. The first kappa shape index (κ1) is 36.8. The van der Waals surface area contributed by atoms with E-state index in [9.17, 15) is 19.2 Å². The average Bonchev–Trinajstić information content (AvgIpc) is 3.12. The average molecular weight is 717 g/mol. The zero-order chi connectivity index (χ0) is 38.3. The summed E-state index contributed by atoms with van der Waals surface area (Å²) in [5.41, 5.74) is 1.87. The molecule has 0 aromatic heterocycles. The Hall–Kier alpha value is -4.56. The second kappa shape index (κ2) is 13.1. The molecule has 0 unspecified atom stereocenters. The van der Waals surface area contributed by atoms with E-state index in [1.54, 1.807) is 0 Å². The topological polar surface area (TPSA) is 93.2 Å². The smallest absolute Gasteiger partial charge is 0.261 e. The predicted octanol–water partition coefficient (Wildman–Crippen LogP) is 10.4. The van der Waals surface area contributed by atoms with Crippen LogP contribution in [0.2, 0.25) is 0 Å². The van der Waals surface area contributed by atoms with Gasteiger partial charge in [-0.2, -0.15) is 0 Å². The fraction of sp³-hybridized carbons (Fsp3) is 0.467. The summed E-state index contributed by atoms with van der Waals surface area (Å²) in [6, 6.07) is 10.9. The number of amides is 4. The lowest BCUT2D eigenvalue weighted by Gasteiger charge is -2.36. The van der Waals surface area contributed by atoms with Gasteiger partial charge in [-0.1, -0.05) is 46.8 Å². The molecule has 0 fully saturated rings. The Morgan fingerprint density at radius 1 is 0.566 bits per heavy atom. The third-order valence-electron chi connectivity index (χ3n) is 12.1. The Kier molecular flexibility index (Phi) is 9.08. The maximum Gasteiger partial charge on any atom is 0.261 e. The van der Waals surface area contributed by atoms with Crippen molar-refractivity contribution in [2.75, 3.05) is 6.61 Å². The van der Waals surface area contributed by atoms with Crippen molar-refractivity contribution in [3.05, 3.63) is 64.2 Å². The Bertz CT molecular complexity index is 2350. The standard InChI is InChI=1S/C45H52N2O6/c1-11-25(12-2)46-40(48)29-19-17-28-37-33(53-45(9,10)20-21-52-44(7,8)15-5)23-32-36-30(41(49)47(43(32)51)26(13-3)14-4)18-16-27(39(36)37)34-24(6)22-31(42(46)50)35(29)38(28)34/h16-19,22-23,25-26H,11-15,20-21H2,1-10H3. The van der Waals surface area contributed by atoms with Crippen molar-refractivity contribution >= 4 is 66.7 Å². The van der Waals surface area contributed by atoms with Crippen LogP contribution in [0.25, 0.3) is 43.1 Å². The Morgan fingerprint density at radius 3 is 1.51 bits per heavy atom. The lowest BCUT2D eigenvalue weighted by molar-refractivity contribution is -0.0421. The maximum absolute atomic E-state index is 14.5. The SMILES string of the molecule is CCC(CC)N1C(=O)c2ccc3c4c(OC(C)(C)CCOC(C)(C)CC)cc5c6c(ccc(c7c(C)cc(c2c37)C1=O)c64)C(=O)N(C(CC)CC)C5=O. The van der Waals surface area contributed by atoms with Gasteiger partial charge in [-0.15, -0.1) is 0 Å². The molecule has 0 spiro atoms. The molecule has 2 aliphatic rings. The number of imide groups is 2. The van der Waals surface area contributed by atoms with Crippen LogP contribution in [0, 0.1) is 6.92 Å². The molecule has 4 amide bonds. The highest BCUT2D eigenvalue weighted by Crippen LogP contribution is 2.51. The van der Waals surface area contributed by atoms with Crippen LogP contribution in [0.1, 0.15) is 148 Å². The van der Waals surface area contributed by atoms with E-state index in [1.165, 1.54) is 9.80 Å². The van der Waals surface area contributed by atoms with E-state index in [0.29, 0.717) is 77.5 Å². The van der Waals surface area contributed by atoms with Crippen molar-refractivity contribution < 1.29 is 28.7 Å². The third-order valence-corrected chi connectivity index (χ3v) is 12.1. The lowest BCUT2D eigenvalue weighted by Crippen LogP contribution is -2.46. The predicted molar refractivity (Wildman–Crippen MR) is 212 cm³/mol. The van der Waals surface area contributed by atoms with E-state index in [2.05, 4.69) is 20.8 Å². The van der Waals surface area contributed by atoms with Gasteiger partial charge in [0, 0.05) is 56.7 Å². The molecule has 0 saturated carbocycles. The zero-order valence-electron chi connectivity index (χ0n) is 32.9. The molecule has 0 bridgehead atoms. The second-order valence-electron chi connectivity index (χ2n) is 16.2. The van der Waals surface area contributed by atoms with Gasteiger partial charge in [0.25, 0.3) is 23.6 Å². The minimum absolute atomic E-state index is 0.202. The Balaban J connectivity index is 1.56. The summed E-state index contributed by atoms with van der Waals surface area (Å²) in [5.74, 6) is -0.637. The van der Waals surface area contributed by atoms with Gasteiger partial charge in [-0.05, 0) is 118 Å². The minimum atomic E-state index is -0.703. The summed E-state index contributed by atoms with van der Waals surface area (Å²) in [6.07, 6.45) is 4.11. The van der Waals surface area contributed by atoms with Crippen LogP contribution in [0.4, 0.5) is 0 Å². The monoisotopic (exact) mass is 716 g/mol. The largest absolute Gasteiger partial charge is 0.487 e. The molecule has 8 heteroatoms. The second-order valence-corrected chi connectivity index (χ2v) is 16.2. The lowest BCUT2D eigenvalue weighted by atomic mass is 9.80. The molecule has 0 radical (unpaired) electrons. The van der Waals surface area contributed by atoms with Crippen molar-refractivity contribution in [3.63, 3.8) is 0 Å². The third kappa shape index (κ3) is 5.50. The Morgan fingerprint density at radius 2 is 1.02 bits per heavy atom. The molecule has 0 atom stereocenters. The number of fused-ring (bicyclic) bond motifs is 2. The number of nitrogens with zero attached hydrogens (tertiary/aromatic N) is 2. The first-order valence-electron chi connectivity index (χ1n) is 19.5. The van der Waals surface area contributed by atoms with Crippen LogP contribution >= 0.6 is 0 Å². The van der Waals surface area contributed by atoms with Crippen LogP contribution in [0.15, 0.2) is 36.4 Å². The van der Waals surface area contributed by atoms with Gasteiger partial charge >= 0.3 is 0 Å². The van der Waals surface area contributed by atoms with Gasteiger partial charge in [-0.3, -0.25) is 29.0 Å². The number of ether oxygens (including phenoxy) is 2. The molecule has 8 nitrogen and oxygen atoms in total. The van der Waals surface area contributed by atoms with E-state index < -0.39 is 5.60 Å². The summed E-state index contributed by atoms with van der Waals surface area (Å²) in [4.78, 5) is 60.2. The van der Waals surface area contributed by atoms with Crippen LogP contribution in [-0.2, 0) is 4.74 Å². The molecule has 0 aliphatic carbocycles. The molecule has 53 heavy (non-hydrogen) atoms. The van der Waals surface area contributed by atoms with E-state index in [-0.39, 0.29) is 41.3 Å². The fourth-order valence-corrected chi connectivity index (χ4v) is 8.74. The summed E-state index contributed by atoms with van der Waals surface area (Å²) in [5, 5.41) is 6.20. The van der Waals surface area contributed by atoms with Crippen LogP contribution in [0.3, 0.4) is 0 Å². The van der Waals surface area contributed by atoms with Crippen molar-refractivity contribution in [1.29, 1.82) is 0 Å². The molecule has 0 N–H and O–H groups in total. The molecule has 2 heterocycles. The molecule has 278 valence electrons. The van der Waals surface area contributed by atoms with Gasteiger partial charge in [0.15, 0.2) is 0 Å². The number of carbonyl (C=O) groups excluding carboxylic acids is 4. The Labute approximate surface area is 312 Å². The van der Waals surface area contributed by atoms with Crippen LogP contribution < -0.4 is 4.74 Å². The highest BCUT2D eigenvalue weighted by Gasteiger charge is 2.41. The van der Waals surface area contributed by atoms with Crippen molar-refractivity contribution in [1.82, 2.24) is 9.80 Å². The normalized spacial score (nSPS) is 15.2. The fourth-order valence-electron chi connectivity index (χ4n) is 8.74. The van der Waals surface area contributed by atoms with Gasteiger partial charge in [0.05, 0.1) is 17.8 Å². The van der Waals surface area contributed by atoms with Gasteiger partial charge < -0.3 is 9.47 Å². The number of benzene rings is 5. The van der Waals surface area contributed by atoms with E-state index >= 15 is 0 Å². The quantitative estimate of drug-likeness (QED) is 0.0684. The molecule has 7 rings (SSSR count). The van der Waals surface area contributed by atoms with Crippen molar-refractivity contribution in [3.8, 4) is 5.75 Å². The van der Waals surface area contributed by atoms with Crippen molar-refractivity contribution in [2.24, 2.45) is 0 Å². The number of carbonyl (C=O) groups is 4. The molecule has 2 aliphatic heterocycles. The number of rotatable bonds is 13. The summed E-state index contributed by atoms with van der Waals surface area (Å²) < 4.78 is 13.3. The van der Waals surface area contributed by atoms with E-state index in [4.69, 9.17) is 9.47 Å². The minimum Gasteiger partial charge on any atom is -0.487 e. The summed E-state index contributed by atoms with van der Waals surface area (Å²) >= 11 is 0. The first-order chi connectivity index (χ1) is 25.1. The van der Waals surface area contributed by atoms with Crippen LogP contribution in [-0.4, -0.2) is 63.3 Å². The van der Waals surface area contributed by atoms with Crippen LogP contribution in [0.5, 0.6) is 5.75 Å². The molecular weight excluding hydrogens is 665 g/mol. The number of hydrogen-bond acceptors (Lipinski definition) is 6. The van der Waals surface area contributed by atoms with Crippen molar-refractivity contribution in [2.45, 2.75) is 131 Å². The van der Waals surface area contributed by atoms with E-state index in [1.807, 2.05) is 84.9 Å². The summed E-state index contributed by atoms with van der Waals surface area (Å²) in [7, 11) is 0. The maximum atomic E-state index is 14.5. The highest BCUT2D eigenvalue weighted by molar-refractivity contribution is 6.42. The molecule has 0 saturated heterocycles. The molecule has 5 aromatic carbocycles. The van der Waals surface area contributed by atoms with Gasteiger partial charge in [-0.25, -0.2) is 0 Å².